The van der Waals surface area contributed by atoms with Gasteiger partial charge in [0.05, 0.1) is 6.20 Å². The highest BCUT2D eigenvalue weighted by atomic mass is 127. The normalized spacial score (nSPS) is 11.1. The molecule has 0 saturated carbocycles. The molecular formula is C16H26IN5S. The highest BCUT2D eigenvalue weighted by Crippen LogP contribution is 2.07. The van der Waals surface area contributed by atoms with E-state index in [-0.39, 0.29) is 24.0 Å². The van der Waals surface area contributed by atoms with Gasteiger partial charge in [0.1, 0.15) is 0 Å². The van der Waals surface area contributed by atoms with Crippen LogP contribution < -0.4 is 10.6 Å². The molecular weight excluding hydrogens is 421 g/mol. The molecule has 0 saturated heterocycles. The minimum atomic E-state index is 0. The Hall–Kier alpha value is -1.09. The second-order valence-corrected chi connectivity index (χ2v) is 6.18. The van der Waals surface area contributed by atoms with E-state index in [9.17, 15) is 0 Å². The largest absolute Gasteiger partial charge is 0.357 e. The first-order valence-corrected chi connectivity index (χ1v) is 8.69. The van der Waals surface area contributed by atoms with Crippen LogP contribution in [0.5, 0.6) is 0 Å². The van der Waals surface area contributed by atoms with Crippen molar-refractivity contribution >= 4 is 41.3 Å². The molecule has 0 unspecified atom stereocenters. The first kappa shape index (κ1) is 20.0. The van der Waals surface area contributed by atoms with E-state index in [2.05, 4.69) is 58.3 Å². The lowest BCUT2D eigenvalue weighted by Crippen LogP contribution is -2.38. The molecule has 2 aromatic rings. The van der Waals surface area contributed by atoms with Gasteiger partial charge in [0.15, 0.2) is 5.96 Å². The number of hydrogen-bond donors (Lipinski definition) is 2. The van der Waals surface area contributed by atoms with Crippen molar-refractivity contribution < 1.29 is 0 Å². The summed E-state index contributed by atoms with van der Waals surface area (Å²) < 4.78 is 1.97. The van der Waals surface area contributed by atoms with Gasteiger partial charge in [-0.1, -0.05) is 6.07 Å². The van der Waals surface area contributed by atoms with Gasteiger partial charge in [0.25, 0.3) is 0 Å². The van der Waals surface area contributed by atoms with Gasteiger partial charge in [0, 0.05) is 37.3 Å². The zero-order valence-electron chi connectivity index (χ0n) is 13.8. The van der Waals surface area contributed by atoms with Gasteiger partial charge in [-0.15, -0.1) is 35.3 Å². The Morgan fingerprint density at radius 3 is 2.91 bits per heavy atom. The van der Waals surface area contributed by atoms with Crippen LogP contribution in [-0.2, 0) is 13.0 Å². The predicted molar refractivity (Wildman–Crippen MR) is 109 cm³/mol. The van der Waals surface area contributed by atoms with E-state index in [1.165, 1.54) is 10.4 Å². The van der Waals surface area contributed by atoms with E-state index in [4.69, 9.17) is 0 Å². The monoisotopic (exact) mass is 447 g/mol. The minimum absolute atomic E-state index is 0. The van der Waals surface area contributed by atoms with Crippen molar-refractivity contribution in [1.82, 2.24) is 20.4 Å². The van der Waals surface area contributed by atoms with Crippen LogP contribution in [0.25, 0.3) is 0 Å². The third-order valence-electron chi connectivity index (χ3n) is 3.17. The first-order chi connectivity index (χ1) is 10.8. The number of guanidine groups is 1. The quantitative estimate of drug-likeness (QED) is 0.283. The van der Waals surface area contributed by atoms with E-state index < -0.39 is 0 Å². The van der Waals surface area contributed by atoms with Crippen LogP contribution in [0.4, 0.5) is 0 Å². The molecule has 0 aliphatic heterocycles. The Morgan fingerprint density at radius 2 is 2.26 bits per heavy atom. The molecule has 0 radical (unpaired) electrons. The smallest absolute Gasteiger partial charge is 0.191 e. The lowest BCUT2D eigenvalue weighted by molar-refractivity contribution is 0.583. The second-order valence-electron chi connectivity index (χ2n) is 5.15. The maximum absolute atomic E-state index is 4.61. The van der Waals surface area contributed by atoms with Crippen LogP contribution in [0.1, 0.15) is 23.8 Å². The molecule has 0 atom stereocenters. The Morgan fingerprint density at radius 1 is 1.39 bits per heavy atom. The van der Waals surface area contributed by atoms with Gasteiger partial charge in [-0.25, -0.2) is 0 Å². The van der Waals surface area contributed by atoms with E-state index in [1.54, 1.807) is 11.3 Å². The van der Waals surface area contributed by atoms with E-state index in [0.717, 1.165) is 45.0 Å². The van der Waals surface area contributed by atoms with Gasteiger partial charge in [0.2, 0.25) is 0 Å². The summed E-state index contributed by atoms with van der Waals surface area (Å²) in [6, 6.07) is 4.26. The van der Waals surface area contributed by atoms with Crippen molar-refractivity contribution in [2.75, 3.05) is 19.6 Å². The SMILES string of the molecule is CCNC(=NCCCn1cc(C)cn1)NCCc1cccs1.I. The molecule has 2 N–H and O–H groups in total. The zero-order chi connectivity index (χ0) is 15.6. The average molecular weight is 447 g/mol. The highest BCUT2D eigenvalue weighted by Gasteiger charge is 1.99. The molecule has 2 aromatic heterocycles. The molecule has 0 aliphatic carbocycles. The number of aromatic nitrogens is 2. The Labute approximate surface area is 159 Å². The Balaban J connectivity index is 0.00000264. The van der Waals surface area contributed by atoms with E-state index in [0.29, 0.717) is 0 Å². The van der Waals surface area contributed by atoms with Gasteiger partial charge in [-0.3, -0.25) is 9.67 Å². The van der Waals surface area contributed by atoms with Crippen LogP contribution in [0, 0.1) is 6.92 Å². The lowest BCUT2D eigenvalue weighted by atomic mass is 10.3. The average Bonchev–Trinajstić information content (AvgIpc) is 3.15. The predicted octanol–water partition coefficient (Wildman–Crippen LogP) is 3.06. The highest BCUT2D eigenvalue weighted by molar-refractivity contribution is 14.0. The number of thiophene rings is 1. The molecule has 0 spiro atoms. The Kier molecular flexibility index (Phi) is 9.93. The molecule has 7 heteroatoms. The van der Waals surface area contributed by atoms with Crippen molar-refractivity contribution in [2.45, 2.75) is 33.2 Å². The fourth-order valence-electron chi connectivity index (χ4n) is 2.11. The number of nitrogens with one attached hydrogen (secondary N) is 2. The van der Waals surface area contributed by atoms with Gasteiger partial charge >= 0.3 is 0 Å². The van der Waals surface area contributed by atoms with Crippen molar-refractivity contribution in [3.8, 4) is 0 Å². The maximum Gasteiger partial charge on any atom is 0.191 e. The summed E-state index contributed by atoms with van der Waals surface area (Å²) in [7, 11) is 0. The molecule has 2 rings (SSSR count). The van der Waals surface area contributed by atoms with Crippen molar-refractivity contribution in [3.63, 3.8) is 0 Å². The molecule has 0 fully saturated rings. The van der Waals surface area contributed by atoms with E-state index in [1.807, 2.05) is 10.9 Å². The third kappa shape index (κ3) is 7.83. The molecule has 5 nitrogen and oxygen atoms in total. The first-order valence-electron chi connectivity index (χ1n) is 7.81. The summed E-state index contributed by atoms with van der Waals surface area (Å²) in [5.74, 6) is 0.899. The molecule has 0 amide bonds. The van der Waals surface area contributed by atoms with Gasteiger partial charge < -0.3 is 10.6 Å². The number of aliphatic imine (C=N–C) groups is 1. The van der Waals surface area contributed by atoms with Crippen LogP contribution in [0.3, 0.4) is 0 Å². The van der Waals surface area contributed by atoms with Crippen molar-refractivity contribution in [3.05, 3.63) is 40.3 Å². The number of rotatable bonds is 8. The van der Waals surface area contributed by atoms with Gasteiger partial charge in [-0.2, -0.15) is 5.10 Å². The van der Waals surface area contributed by atoms with Crippen LogP contribution in [-0.4, -0.2) is 35.4 Å². The van der Waals surface area contributed by atoms with Crippen LogP contribution in [0.15, 0.2) is 34.9 Å². The summed E-state index contributed by atoms with van der Waals surface area (Å²) in [5, 5.41) is 13.1. The fraction of sp³-hybridized carbons (Fsp3) is 0.500. The second kappa shape index (κ2) is 11.4. The molecule has 0 bridgehead atoms. The third-order valence-corrected chi connectivity index (χ3v) is 4.10. The molecule has 0 aliphatic rings. The number of nitrogens with zero attached hydrogens (tertiary/aromatic N) is 3. The zero-order valence-corrected chi connectivity index (χ0v) is 16.9. The fourth-order valence-corrected chi connectivity index (χ4v) is 2.82. The summed E-state index contributed by atoms with van der Waals surface area (Å²) in [6.45, 7) is 7.64. The summed E-state index contributed by atoms with van der Waals surface area (Å²) in [4.78, 5) is 6.01. The summed E-state index contributed by atoms with van der Waals surface area (Å²) >= 11 is 1.80. The Bertz CT molecular complexity index is 565. The molecule has 0 aromatic carbocycles. The minimum Gasteiger partial charge on any atom is -0.357 e. The standard InChI is InChI=1S/C16H25N5S.HI/c1-3-17-16(19-9-7-15-6-4-11-22-15)18-8-5-10-21-13-14(2)12-20-21;/h4,6,11-13H,3,5,7-10H2,1-2H3,(H2,17,18,19);1H. The number of halogens is 1. The topological polar surface area (TPSA) is 54.2 Å². The van der Waals surface area contributed by atoms with Gasteiger partial charge in [-0.05, 0) is 43.7 Å². The lowest BCUT2D eigenvalue weighted by Gasteiger charge is -2.10. The molecule has 128 valence electrons. The number of hydrogen-bond acceptors (Lipinski definition) is 3. The molecule has 2 heterocycles. The number of aryl methyl sites for hydroxylation is 2. The molecule has 23 heavy (non-hydrogen) atoms. The van der Waals surface area contributed by atoms with E-state index >= 15 is 0 Å². The van der Waals surface area contributed by atoms with Crippen LogP contribution >= 0.6 is 35.3 Å². The summed E-state index contributed by atoms with van der Waals surface area (Å²) in [5.41, 5.74) is 1.20. The summed E-state index contributed by atoms with van der Waals surface area (Å²) in [6.07, 6.45) is 5.98. The van der Waals surface area contributed by atoms with Crippen LogP contribution in [0.2, 0.25) is 0 Å². The van der Waals surface area contributed by atoms with Crippen molar-refractivity contribution in [1.29, 1.82) is 0 Å². The maximum atomic E-state index is 4.61. The van der Waals surface area contributed by atoms with Crippen molar-refractivity contribution in [2.24, 2.45) is 4.99 Å².